The van der Waals surface area contributed by atoms with Crippen molar-refractivity contribution in [1.82, 2.24) is 25.0 Å². The van der Waals surface area contributed by atoms with Gasteiger partial charge in [0, 0.05) is 18.8 Å². The lowest BCUT2D eigenvalue weighted by Crippen LogP contribution is -2.71. The molecule has 0 aliphatic heterocycles. The molecule has 3 aromatic rings. The van der Waals surface area contributed by atoms with E-state index in [9.17, 15) is 19.8 Å². The highest BCUT2D eigenvalue weighted by Gasteiger charge is 2.71. The highest BCUT2D eigenvalue weighted by atomic mass is 35.5. The predicted molar refractivity (Wildman–Crippen MR) is 122 cm³/mol. The van der Waals surface area contributed by atoms with Gasteiger partial charge < -0.3 is 15.5 Å². The number of amides is 2. The topological polar surface area (TPSA) is 146 Å². The molecule has 3 fully saturated rings. The minimum Gasteiger partial charge on any atom is -0.465 e. The maximum Gasteiger partial charge on any atom is 0.413 e. The summed E-state index contributed by atoms with van der Waals surface area (Å²) < 4.78 is 1.36. The van der Waals surface area contributed by atoms with Gasteiger partial charge in [-0.05, 0) is 44.4 Å². The normalized spacial score (nSPS) is 23.4. The summed E-state index contributed by atoms with van der Waals surface area (Å²) in [6.07, 6.45) is 3.27. The molecule has 0 aromatic carbocycles. The molecule has 3 aliphatic rings. The first-order valence-corrected chi connectivity index (χ1v) is 11.0. The number of aliphatic hydroxyl groups is 1. The monoisotopic (exact) mass is 483 g/mol. The zero-order chi connectivity index (χ0) is 24.3. The Balaban J connectivity index is 1.41. The molecule has 3 heterocycles. The number of carboxylic acid groups (broad SMARTS) is 1. The van der Waals surface area contributed by atoms with Crippen LogP contribution < -0.4 is 10.2 Å². The van der Waals surface area contributed by atoms with E-state index in [1.165, 1.54) is 17.1 Å². The Morgan fingerprint density at radius 1 is 1.24 bits per heavy atom. The Kier molecular flexibility index (Phi) is 5.06. The van der Waals surface area contributed by atoms with E-state index in [4.69, 9.17) is 11.6 Å². The summed E-state index contributed by atoms with van der Waals surface area (Å²) >= 11 is 6.21. The second-order valence-corrected chi connectivity index (χ2v) is 9.38. The fourth-order valence-electron chi connectivity index (χ4n) is 4.92. The summed E-state index contributed by atoms with van der Waals surface area (Å²) in [5.74, 6) is 0.0868. The first-order valence-electron chi connectivity index (χ1n) is 10.6. The first-order chi connectivity index (χ1) is 16.1. The van der Waals surface area contributed by atoms with Gasteiger partial charge in [-0.25, -0.2) is 14.5 Å². The molecule has 3 saturated carbocycles. The molecule has 6 rings (SSSR count). The summed E-state index contributed by atoms with van der Waals surface area (Å²) in [7, 11) is 1.59. The standard InChI is InChI=1S/C22H22ClN7O4/c1-12(14-4-3-7-24-17(14)23)30(20(32)33)18-16(27-28-29(18)2)15-6-5-13(8-25-15)26-19(31)21-9-22(34,10-21)11-21/h3-8,12,34H,9-11H2,1-2H3,(H,26,31)(H,32,33)/t12-,21?,22?/m1/s1. The molecule has 12 heteroatoms. The molecule has 34 heavy (non-hydrogen) atoms. The molecule has 0 spiro atoms. The molecular weight excluding hydrogens is 462 g/mol. The summed E-state index contributed by atoms with van der Waals surface area (Å²) in [6, 6.07) is 6.02. The summed E-state index contributed by atoms with van der Waals surface area (Å²) in [5.41, 5.74) is 0.545. The Hall–Kier alpha value is -3.57. The fraction of sp³-hybridized carbons (Fsp3) is 0.364. The van der Waals surface area contributed by atoms with E-state index in [0.717, 1.165) is 4.90 Å². The van der Waals surface area contributed by atoms with Gasteiger partial charge in [-0.1, -0.05) is 22.9 Å². The smallest absolute Gasteiger partial charge is 0.413 e. The lowest BCUT2D eigenvalue weighted by atomic mass is 9.41. The van der Waals surface area contributed by atoms with Crippen molar-refractivity contribution >= 4 is 35.1 Å². The van der Waals surface area contributed by atoms with Crippen LogP contribution in [0, 0.1) is 5.41 Å². The van der Waals surface area contributed by atoms with Crippen LogP contribution in [0.15, 0.2) is 36.7 Å². The maximum atomic E-state index is 12.5. The number of carbonyl (C=O) groups is 2. The van der Waals surface area contributed by atoms with Crippen LogP contribution in [0.4, 0.5) is 16.3 Å². The molecule has 3 aliphatic carbocycles. The van der Waals surface area contributed by atoms with Gasteiger partial charge in [0.2, 0.25) is 5.91 Å². The minimum atomic E-state index is -1.22. The summed E-state index contributed by atoms with van der Waals surface area (Å²) in [6.45, 7) is 1.70. The number of hydrogen-bond donors (Lipinski definition) is 3. The van der Waals surface area contributed by atoms with Gasteiger partial charge in [-0.2, -0.15) is 0 Å². The Morgan fingerprint density at radius 3 is 2.56 bits per heavy atom. The van der Waals surface area contributed by atoms with E-state index in [1.807, 2.05) is 0 Å². The van der Waals surface area contributed by atoms with Crippen LogP contribution in [0.25, 0.3) is 11.4 Å². The van der Waals surface area contributed by atoms with Crippen LogP contribution in [-0.2, 0) is 11.8 Å². The molecule has 2 bridgehead atoms. The third kappa shape index (κ3) is 3.48. The number of nitrogens with zero attached hydrogens (tertiary/aromatic N) is 6. The number of aromatic nitrogens is 5. The Morgan fingerprint density at radius 2 is 1.97 bits per heavy atom. The molecule has 176 valence electrons. The number of anilines is 2. The van der Waals surface area contributed by atoms with E-state index in [2.05, 4.69) is 25.6 Å². The van der Waals surface area contributed by atoms with Crippen molar-refractivity contribution in [3.05, 3.63) is 47.4 Å². The third-order valence-electron chi connectivity index (χ3n) is 6.60. The maximum absolute atomic E-state index is 12.5. The van der Waals surface area contributed by atoms with Crippen molar-refractivity contribution in [3.8, 4) is 11.4 Å². The Bertz CT molecular complexity index is 1270. The van der Waals surface area contributed by atoms with Gasteiger partial charge in [0.05, 0.1) is 34.6 Å². The van der Waals surface area contributed by atoms with Gasteiger partial charge in [0.1, 0.15) is 5.15 Å². The minimum absolute atomic E-state index is 0.127. The highest BCUT2D eigenvalue weighted by molar-refractivity contribution is 6.30. The van der Waals surface area contributed by atoms with Crippen LogP contribution in [0.1, 0.15) is 37.8 Å². The van der Waals surface area contributed by atoms with Crippen LogP contribution in [0.2, 0.25) is 5.15 Å². The zero-order valence-electron chi connectivity index (χ0n) is 18.4. The highest BCUT2D eigenvalue weighted by Crippen LogP contribution is 2.67. The zero-order valence-corrected chi connectivity index (χ0v) is 19.2. The average Bonchev–Trinajstić information content (AvgIpc) is 3.12. The second kappa shape index (κ2) is 7.74. The van der Waals surface area contributed by atoms with Gasteiger partial charge in [0.25, 0.3) is 0 Å². The van der Waals surface area contributed by atoms with Crippen molar-refractivity contribution in [3.63, 3.8) is 0 Å². The second-order valence-electron chi connectivity index (χ2n) is 9.02. The predicted octanol–water partition coefficient (Wildman–Crippen LogP) is 3.02. The van der Waals surface area contributed by atoms with E-state index in [-0.39, 0.29) is 22.6 Å². The van der Waals surface area contributed by atoms with Crippen molar-refractivity contribution in [2.45, 2.75) is 37.8 Å². The summed E-state index contributed by atoms with van der Waals surface area (Å²) in [5, 5.41) is 31.1. The lowest BCUT2D eigenvalue weighted by molar-refractivity contribution is -0.247. The molecule has 0 unspecified atom stereocenters. The van der Waals surface area contributed by atoms with Crippen molar-refractivity contribution in [2.24, 2.45) is 12.5 Å². The lowest BCUT2D eigenvalue weighted by Gasteiger charge is -2.66. The van der Waals surface area contributed by atoms with Crippen LogP contribution in [0.3, 0.4) is 0 Å². The van der Waals surface area contributed by atoms with E-state index in [0.29, 0.717) is 36.2 Å². The number of aryl methyl sites for hydroxylation is 1. The van der Waals surface area contributed by atoms with Crippen LogP contribution in [-0.4, -0.2) is 52.8 Å². The third-order valence-corrected chi connectivity index (χ3v) is 6.92. The van der Waals surface area contributed by atoms with Gasteiger partial charge in [-0.15, -0.1) is 5.10 Å². The number of hydrogen-bond acceptors (Lipinski definition) is 7. The summed E-state index contributed by atoms with van der Waals surface area (Å²) in [4.78, 5) is 34.4. The molecule has 3 N–H and O–H groups in total. The number of rotatable bonds is 6. The van der Waals surface area contributed by atoms with E-state index >= 15 is 0 Å². The molecule has 0 radical (unpaired) electrons. The molecule has 2 amide bonds. The molecule has 3 aromatic heterocycles. The molecule has 11 nitrogen and oxygen atoms in total. The molecule has 0 saturated heterocycles. The number of halogens is 1. The van der Waals surface area contributed by atoms with E-state index < -0.39 is 23.2 Å². The Labute approximate surface area is 199 Å². The van der Waals surface area contributed by atoms with Gasteiger partial charge >= 0.3 is 6.09 Å². The molecule has 1 atom stereocenters. The SMILES string of the molecule is C[C@H](c1cccnc1Cl)N(C(=O)O)c1c(-c2ccc(NC(=O)C34CC(O)(C3)C4)cn2)nnn1C. The number of nitrogens with one attached hydrogen (secondary N) is 1. The van der Waals surface area contributed by atoms with Crippen LogP contribution >= 0.6 is 11.6 Å². The largest absolute Gasteiger partial charge is 0.465 e. The number of carbonyl (C=O) groups excluding carboxylic acids is 1. The quantitative estimate of drug-likeness (QED) is 0.453. The fourth-order valence-corrected chi connectivity index (χ4v) is 5.20. The number of pyridine rings is 2. The van der Waals surface area contributed by atoms with Crippen LogP contribution in [0.5, 0.6) is 0 Å². The first kappa shape index (κ1) is 22.2. The average molecular weight is 484 g/mol. The van der Waals surface area contributed by atoms with Crippen molar-refractivity contribution < 1.29 is 19.8 Å². The molecular formula is C22H22ClN7O4. The van der Waals surface area contributed by atoms with Gasteiger partial charge in [-0.3, -0.25) is 14.7 Å². The van der Waals surface area contributed by atoms with Crippen molar-refractivity contribution in [1.29, 1.82) is 0 Å². The van der Waals surface area contributed by atoms with Gasteiger partial charge in [0.15, 0.2) is 11.5 Å². The van der Waals surface area contributed by atoms with Crippen molar-refractivity contribution in [2.75, 3.05) is 10.2 Å². The van der Waals surface area contributed by atoms with E-state index in [1.54, 1.807) is 38.2 Å².